The molecule has 37 heavy (non-hydrogen) atoms. The average Bonchev–Trinajstić information content (AvgIpc) is 3.36. The maximum Gasteiger partial charge on any atom is 0.407 e. The number of thiazole rings is 1. The SMILES string of the molecule is CC1(C(=O)N[C@@H](CCCCNC(=O)OCc2ccccc2)C(=O)c2nc3ccccc3s2)CCCCC1. The highest BCUT2D eigenvalue weighted by Crippen LogP contribution is 2.36. The molecule has 0 aliphatic heterocycles. The largest absolute Gasteiger partial charge is 0.445 e. The molecule has 1 aromatic heterocycles. The van der Waals surface area contributed by atoms with Crippen molar-refractivity contribution in [2.45, 2.75) is 70.9 Å². The Morgan fingerprint density at radius 1 is 1.00 bits per heavy atom. The van der Waals surface area contributed by atoms with Gasteiger partial charge < -0.3 is 15.4 Å². The third-order valence-electron chi connectivity index (χ3n) is 7.03. The molecule has 2 aromatic carbocycles. The third kappa shape index (κ3) is 7.38. The lowest BCUT2D eigenvalue weighted by Crippen LogP contribution is -2.48. The predicted molar refractivity (Wildman–Crippen MR) is 146 cm³/mol. The molecule has 0 saturated heterocycles. The summed E-state index contributed by atoms with van der Waals surface area (Å²) in [6.45, 7) is 2.66. The summed E-state index contributed by atoms with van der Waals surface area (Å²) in [5.74, 6) is -0.196. The van der Waals surface area contributed by atoms with Crippen molar-refractivity contribution in [3.05, 3.63) is 65.2 Å². The van der Waals surface area contributed by atoms with Gasteiger partial charge in [0.05, 0.1) is 16.3 Å². The highest BCUT2D eigenvalue weighted by atomic mass is 32.1. The summed E-state index contributed by atoms with van der Waals surface area (Å²) < 4.78 is 6.20. The number of fused-ring (bicyclic) bond motifs is 1. The first-order chi connectivity index (χ1) is 17.9. The van der Waals surface area contributed by atoms with Crippen LogP contribution in [-0.4, -0.2) is 35.4 Å². The number of carbonyl (C=O) groups excluding carboxylic acids is 3. The molecule has 2 N–H and O–H groups in total. The molecule has 1 aliphatic rings. The molecule has 1 fully saturated rings. The Morgan fingerprint density at radius 2 is 1.73 bits per heavy atom. The summed E-state index contributed by atoms with van der Waals surface area (Å²) in [7, 11) is 0. The van der Waals surface area contributed by atoms with Gasteiger partial charge in [0, 0.05) is 12.0 Å². The van der Waals surface area contributed by atoms with Gasteiger partial charge in [0.25, 0.3) is 0 Å². The van der Waals surface area contributed by atoms with Crippen LogP contribution in [0.2, 0.25) is 0 Å². The van der Waals surface area contributed by atoms with Crippen molar-refractivity contribution in [1.29, 1.82) is 0 Å². The molecule has 0 bridgehead atoms. The van der Waals surface area contributed by atoms with Gasteiger partial charge in [-0.25, -0.2) is 9.78 Å². The zero-order valence-electron chi connectivity index (χ0n) is 21.3. The van der Waals surface area contributed by atoms with E-state index in [1.54, 1.807) is 0 Å². The second kappa shape index (κ2) is 12.8. The first-order valence-electron chi connectivity index (χ1n) is 13.1. The Balaban J connectivity index is 1.31. The first-order valence-corrected chi connectivity index (χ1v) is 13.9. The van der Waals surface area contributed by atoms with E-state index in [0.717, 1.165) is 47.9 Å². The third-order valence-corrected chi connectivity index (χ3v) is 8.08. The number of nitrogens with one attached hydrogen (secondary N) is 2. The number of nitrogens with zero attached hydrogens (tertiary/aromatic N) is 1. The molecule has 1 aliphatic carbocycles. The Labute approximate surface area is 222 Å². The fourth-order valence-electron chi connectivity index (χ4n) is 4.73. The summed E-state index contributed by atoms with van der Waals surface area (Å²) in [5, 5.41) is 6.25. The molecule has 4 rings (SSSR count). The van der Waals surface area contributed by atoms with Gasteiger partial charge in [-0.2, -0.15) is 0 Å². The zero-order chi connectivity index (χ0) is 26.1. The summed E-state index contributed by atoms with van der Waals surface area (Å²) in [4.78, 5) is 43.2. The van der Waals surface area contributed by atoms with Crippen LogP contribution in [0, 0.1) is 5.41 Å². The van der Waals surface area contributed by atoms with Crippen LogP contribution in [0.25, 0.3) is 10.2 Å². The molecule has 2 amide bonds. The summed E-state index contributed by atoms with van der Waals surface area (Å²) in [6.07, 6.45) is 6.25. The van der Waals surface area contributed by atoms with Gasteiger partial charge >= 0.3 is 6.09 Å². The Kier molecular flexibility index (Phi) is 9.28. The lowest BCUT2D eigenvalue weighted by Gasteiger charge is -2.33. The minimum Gasteiger partial charge on any atom is -0.445 e. The molecule has 1 atom stereocenters. The van der Waals surface area contributed by atoms with Gasteiger partial charge in [0.1, 0.15) is 6.61 Å². The topological polar surface area (TPSA) is 97.4 Å². The second-order valence-corrected chi connectivity index (χ2v) is 11.0. The van der Waals surface area contributed by atoms with Gasteiger partial charge in [-0.3, -0.25) is 9.59 Å². The minimum absolute atomic E-state index is 0.0470. The van der Waals surface area contributed by atoms with Crippen molar-refractivity contribution in [2.75, 3.05) is 6.54 Å². The number of ether oxygens (including phenoxy) is 1. The molecule has 0 radical (unpaired) electrons. The number of aromatic nitrogens is 1. The van der Waals surface area contributed by atoms with Crippen molar-refractivity contribution in [3.63, 3.8) is 0 Å². The van der Waals surface area contributed by atoms with Crippen LogP contribution in [0.3, 0.4) is 0 Å². The number of para-hydroxylation sites is 1. The molecule has 3 aromatic rings. The highest BCUT2D eigenvalue weighted by molar-refractivity contribution is 7.20. The fourth-order valence-corrected chi connectivity index (χ4v) is 5.69. The van der Waals surface area contributed by atoms with E-state index < -0.39 is 17.6 Å². The van der Waals surface area contributed by atoms with E-state index in [1.165, 1.54) is 11.3 Å². The van der Waals surface area contributed by atoms with Crippen LogP contribution in [0.15, 0.2) is 54.6 Å². The zero-order valence-corrected chi connectivity index (χ0v) is 22.1. The Hall–Kier alpha value is -3.26. The molecule has 1 heterocycles. The number of amides is 2. The van der Waals surface area contributed by atoms with Gasteiger partial charge in [-0.05, 0) is 49.8 Å². The summed E-state index contributed by atoms with van der Waals surface area (Å²) in [5.41, 5.74) is 1.28. The molecule has 1 saturated carbocycles. The Morgan fingerprint density at radius 3 is 2.49 bits per heavy atom. The van der Waals surface area contributed by atoms with Crippen LogP contribution in [0.5, 0.6) is 0 Å². The van der Waals surface area contributed by atoms with E-state index in [2.05, 4.69) is 15.6 Å². The summed E-state index contributed by atoms with van der Waals surface area (Å²) in [6, 6.07) is 16.5. The number of unbranched alkanes of at least 4 members (excludes halogenated alkanes) is 1. The molecule has 0 spiro atoms. The number of Topliss-reactive ketones (excluding diaryl/α,β-unsaturated/α-hetero) is 1. The normalized spacial score (nSPS) is 15.6. The Bertz CT molecular complexity index is 1170. The number of benzene rings is 2. The number of alkyl carbamates (subject to hydrolysis) is 1. The van der Waals surface area contributed by atoms with Crippen LogP contribution < -0.4 is 10.6 Å². The first kappa shape index (κ1) is 26.8. The number of hydrogen-bond acceptors (Lipinski definition) is 6. The highest BCUT2D eigenvalue weighted by Gasteiger charge is 2.37. The van der Waals surface area contributed by atoms with Crippen LogP contribution in [-0.2, 0) is 16.1 Å². The van der Waals surface area contributed by atoms with Crippen LogP contribution >= 0.6 is 11.3 Å². The minimum atomic E-state index is -0.642. The van der Waals surface area contributed by atoms with Crippen LogP contribution in [0.1, 0.15) is 73.7 Å². The van der Waals surface area contributed by atoms with Gasteiger partial charge in [0.2, 0.25) is 11.7 Å². The average molecular weight is 522 g/mol. The van der Waals surface area contributed by atoms with E-state index in [-0.39, 0.29) is 18.3 Å². The van der Waals surface area contributed by atoms with Gasteiger partial charge in [-0.15, -0.1) is 11.3 Å². The van der Waals surface area contributed by atoms with Crippen molar-refractivity contribution < 1.29 is 19.1 Å². The lowest BCUT2D eigenvalue weighted by molar-refractivity contribution is -0.132. The predicted octanol–water partition coefficient (Wildman–Crippen LogP) is 6.03. The van der Waals surface area contributed by atoms with E-state index in [9.17, 15) is 14.4 Å². The van der Waals surface area contributed by atoms with E-state index in [1.807, 2.05) is 61.5 Å². The molecule has 7 nitrogen and oxygen atoms in total. The van der Waals surface area contributed by atoms with Crippen molar-refractivity contribution in [2.24, 2.45) is 5.41 Å². The molecule has 0 unspecified atom stereocenters. The molecular formula is C29H35N3O4S. The number of hydrogen-bond donors (Lipinski definition) is 2. The standard InChI is InChI=1S/C29H35N3O4S/c1-29(17-9-3-10-18-29)27(34)32-23(25(33)26-31-22-14-6-7-16-24(22)37-26)15-8-11-19-30-28(35)36-20-21-12-4-2-5-13-21/h2,4-7,12-14,16,23H,3,8-11,15,17-20H2,1H3,(H,30,35)(H,32,34)/t23-/m0/s1. The smallest absolute Gasteiger partial charge is 0.407 e. The number of carbonyl (C=O) groups is 3. The van der Waals surface area contributed by atoms with Crippen molar-refractivity contribution in [3.8, 4) is 0 Å². The van der Waals surface area contributed by atoms with Crippen LogP contribution in [0.4, 0.5) is 4.79 Å². The van der Waals surface area contributed by atoms with E-state index in [4.69, 9.17) is 4.74 Å². The van der Waals surface area contributed by atoms with Crippen molar-refractivity contribution in [1.82, 2.24) is 15.6 Å². The van der Waals surface area contributed by atoms with Gasteiger partial charge in [0.15, 0.2) is 5.01 Å². The van der Waals surface area contributed by atoms with E-state index in [0.29, 0.717) is 30.8 Å². The second-order valence-electron chi connectivity index (χ2n) is 9.98. The fraction of sp³-hybridized carbons (Fsp3) is 0.448. The van der Waals surface area contributed by atoms with E-state index >= 15 is 0 Å². The molecular weight excluding hydrogens is 486 g/mol. The molecule has 196 valence electrons. The quantitative estimate of drug-likeness (QED) is 0.237. The maximum atomic E-state index is 13.5. The molecule has 8 heteroatoms. The van der Waals surface area contributed by atoms with Crippen molar-refractivity contribution >= 4 is 39.3 Å². The number of rotatable bonds is 11. The maximum absolute atomic E-state index is 13.5. The monoisotopic (exact) mass is 521 g/mol. The summed E-state index contributed by atoms with van der Waals surface area (Å²) >= 11 is 1.36. The number of ketones is 1. The van der Waals surface area contributed by atoms with Gasteiger partial charge in [-0.1, -0.05) is 68.7 Å². The lowest BCUT2D eigenvalue weighted by atomic mass is 9.75.